The lowest BCUT2D eigenvalue weighted by atomic mass is 10.5. The van der Waals surface area contributed by atoms with Gasteiger partial charge >= 0.3 is 6.18 Å². The summed E-state index contributed by atoms with van der Waals surface area (Å²) >= 11 is 4.64. The SMILES string of the molecule is FC(F)(F)C[CH+]Cl. The molecule has 0 saturated heterocycles. The molecule has 0 heterocycles. The molecule has 0 amide bonds. The van der Waals surface area contributed by atoms with E-state index in [9.17, 15) is 13.2 Å². The Morgan fingerprint density at radius 2 is 1.86 bits per heavy atom. The van der Waals surface area contributed by atoms with Gasteiger partial charge in [0.1, 0.15) is 11.6 Å². The molecule has 0 aromatic heterocycles. The van der Waals surface area contributed by atoms with Crippen LogP contribution in [0.4, 0.5) is 13.2 Å². The third kappa shape index (κ3) is 5.95. The van der Waals surface area contributed by atoms with Crippen LogP contribution in [0, 0.1) is 5.88 Å². The molecular weight excluding hydrogens is 128 g/mol. The van der Waals surface area contributed by atoms with Crippen LogP contribution in [0.3, 0.4) is 0 Å². The van der Waals surface area contributed by atoms with Crippen molar-refractivity contribution < 1.29 is 13.2 Å². The Morgan fingerprint density at radius 3 is 1.86 bits per heavy atom. The average Bonchev–Trinajstić information content (AvgIpc) is 1.30. The fraction of sp³-hybridized carbons (Fsp3) is 0.667. The Hall–Kier alpha value is -0.0500. The highest BCUT2D eigenvalue weighted by atomic mass is 35.5. The summed E-state index contributed by atoms with van der Waals surface area (Å²) in [5.41, 5.74) is 0. The van der Waals surface area contributed by atoms with Gasteiger partial charge in [-0.2, -0.15) is 13.2 Å². The Bertz CT molecular complexity index is 48.6. The number of halogens is 4. The number of rotatable bonds is 1. The molecule has 0 aromatic rings. The van der Waals surface area contributed by atoms with Crippen molar-refractivity contribution in [3.05, 3.63) is 5.88 Å². The van der Waals surface area contributed by atoms with Crippen LogP contribution in [0.1, 0.15) is 6.42 Å². The van der Waals surface area contributed by atoms with Crippen LogP contribution >= 0.6 is 11.6 Å². The molecule has 0 aliphatic heterocycles. The van der Waals surface area contributed by atoms with Crippen molar-refractivity contribution in [1.82, 2.24) is 0 Å². The lowest BCUT2D eigenvalue weighted by molar-refractivity contribution is -0.126. The highest BCUT2D eigenvalue weighted by Crippen LogP contribution is 2.21. The molecule has 0 spiro atoms. The zero-order valence-corrected chi connectivity index (χ0v) is 4.05. The van der Waals surface area contributed by atoms with Crippen LogP contribution in [-0.2, 0) is 0 Å². The van der Waals surface area contributed by atoms with Crippen LogP contribution in [0.15, 0.2) is 0 Å². The molecule has 4 heteroatoms. The number of alkyl halides is 3. The quantitative estimate of drug-likeness (QED) is 0.479. The van der Waals surface area contributed by atoms with Gasteiger partial charge in [0.25, 0.3) is 0 Å². The van der Waals surface area contributed by atoms with E-state index in [0.29, 0.717) is 5.88 Å². The second-order valence-electron chi connectivity index (χ2n) is 0.974. The molecule has 0 saturated carbocycles. The maximum atomic E-state index is 10.9. The maximum Gasteiger partial charge on any atom is 0.430 e. The smallest absolute Gasteiger partial charge is 0.166 e. The van der Waals surface area contributed by atoms with Crippen molar-refractivity contribution >= 4 is 11.6 Å². The molecule has 0 aliphatic carbocycles. The van der Waals surface area contributed by atoms with Crippen molar-refractivity contribution in [1.29, 1.82) is 0 Å². The summed E-state index contributed by atoms with van der Waals surface area (Å²) < 4.78 is 32.8. The Morgan fingerprint density at radius 1 is 1.43 bits per heavy atom. The number of hydrogen-bond donors (Lipinski definition) is 0. The van der Waals surface area contributed by atoms with Gasteiger partial charge in [0, 0.05) is 0 Å². The van der Waals surface area contributed by atoms with Crippen molar-refractivity contribution in [3.63, 3.8) is 0 Å². The van der Waals surface area contributed by atoms with Crippen molar-refractivity contribution in [2.75, 3.05) is 0 Å². The molecule has 0 rings (SSSR count). The first-order chi connectivity index (χ1) is 3.06. The molecule has 0 aliphatic rings. The molecule has 0 aromatic carbocycles. The molecule has 0 fully saturated rings. The van der Waals surface area contributed by atoms with Gasteiger partial charge in [0.15, 0.2) is 5.88 Å². The molecule has 0 atom stereocenters. The van der Waals surface area contributed by atoms with Gasteiger partial charge in [-0.1, -0.05) is 0 Å². The van der Waals surface area contributed by atoms with Crippen LogP contribution in [0.5, 0.6) is 0 Å². The summed E-state index contributed by atoms with van der Waals surface area (Å²) in [5.74, 6) is 0.556. The molecular formula is C3H3ClF3+. The fourth-order valence-electron chi connectivity index (χ4n) is 0.0875. The van der Waals surface area contributed by atoms with Gasteiger partial charge in [-0.15, -0.1) is 0 Å². The first-order valence-electron chi connectivity index (χ1n) is 1.55. The minimum absolute atomic E-state index is 0.556. The highest BCUT2D eigenvalue weighted by molar-refractivity contribution is 6.23. The lowest BCUT2D eigenvalue weighted by Gasteiger charge is -1.93. The summed E-state index contributed by atoms with van der Waals surface area (Å²) in [6, 6.07) is 0. The van der Waals surface area contributed by atoms with Crippen LogP contribution < -0.4 is 0 Å². The van der Waals surface area contributed by atoms with Gasteiger partial charge in [-0.3, -0.25) is 0 Å². The fourth-order valence-corrected chi connectivity index (χ4v) is 0.262. The van der Waals surface area contributed by atoms with Gasteiger partial charge in [0.05, 0.1) is 0 Å². The third-order valence-electron chi connectivity index (χ3n) is 0.309. The molecule has 7 heavy (non-hydrogen) atoms. The van der Waals surface area contributed by atoms with E-state index < -0.39 is 12.6 Å². The summed E-state index contributed by atoms with van der Waals surface area (Å²) in [6.07, 6.45) is -5.16. The highest BCUT2D eigenvalue weighted by Gasteiger charge is 2.31. The zero-order valence-electron chi connectivity index (χ0n) is 3.30. The molecule has 0 radical (unpaired) electrons. The van der Waals surface area contributed by atoms with Crippen LogP contribution in [-0.4, -0.2) is 6.18 Å². The topological polar surface area (TPSA) is 0 Å². The Balaban J connectivity index is 3.15. The van der Waals surface area contributed by atoms with E-state index in [-0.39, 0.29) is 0 Å². The monoisotopic (exact) mass is 131 g/mol. The van der Waals surface area contributed by atoms with Crippen molar-refractivity contribution in [2.24, 2.45) is 0 Å². The first kappa shape index (κ1) is 6.95. The van der Waals surface area contributed by atoms with Gasteiger partial charge in [-0.25, -0.2) is 0 Å². The van der Waals surface area contributed by atoms with Gasteiger partial charge < -0.3 is 0 Å². The zero-order chi connectivity index (χ0) is 5.91. The normalized spacial score (nSPS) is 11.4. The number of hydrogen-bond acceptors (Lipinski definition) is 0. The third-order valence-corrected chi connectivity index (χ3v) is 0.463. The Labute approximate surface area is 44.3 Å². The first-order valence-corrected chi connectivity index (χ1v) is 1.98. The molecule has 0 unspecified atom stereocenters. The molecule has 0 N–H and O–H groups in total. The summed E-state index contributed by atoms with van der Waals surface area (Å²) in [4.78, 5) is 0. The largest absolute Gasteiger partial charge is 0.430 e. The summed E-state index contributed by atoms with van der Waals surface area (Å²) in [5, 5.41) is 0. The van der Waals surface area contributed by atoms with E-state index in [1.807, 2.05) is 0 Å². The van der Waals surface area contributed by atoms with E-state index in [0.717, 1.165) is 0 Å². The average molecular weight is 132 g/mol. The molecule has 42 valence electrons. The molecule has 0 bridgehead atoms. The van der Waals surface area contributed by atoms with E-state index in [4.69, 9.17) is 0 Å². The van der Waals surface area contributed by atoms with E-state index >= 15 is 0 Å². The summed E-state index contributed by atoms with van der Waals surface area (Å²) in [7, 11) is 0. The summed E-state index contributed by atoms with van der Waals surface area (Å²) in [6.45, 7) is 0. The predicted molar refractivity (Wildman–Crippen MR) is 20.8 cm³/mol. The Kier molecular flexibility index (Phi) is 2.29. The lowest BCUT2D eigenvalue weighted by Crippen LogP contribution is -2.04. The maximum absolute atomic E-state index is 10.9. The second-order valence-corrected chi connectivity index (χ2v) is 1.28. The van der Waals surface area contributed by atoms with Crippen LogP contribution in [0.2, 0.25) is 0 Å². The van der Waals surface area contributed by atoms with Crippen molar-refractivity contribution in [3.8, 4) is 0 Å². The van der Waals surface area contributed by atoms with Crippen LogP contribution in [0.25, 0.3) is 0 Å². The molecule has 0 nitrogen and oxygen atoms in total. The minimum Gasteiger partial charge on any atom is -0.166 e. The van der Waals surface area contributed by atoms with Gasteiger partial charge in [0.2, 0.25) is 6.42 Å². The van der Waals surface area contributed by atoms with Gasteiger partial charge in [-0.05, 0) is 0 Å². The van der Waals surface area contributed by atoms with E-state index in [1.165, 1.54) is 0 Å². The standard InChI is InChI=1S/C3H3ClF3/c4-2-1-3(5,6)7/h2H,1H2/q+1. The van der Waals surface area contributed by atoms with Crippen molar-refractivity contribution in [2.45, 2.75) is 12.6 Å². The minimum atomic E-state index is -4.14. The van der Waals surface area contributed by atoms with E-state index in [2.05, 4.69) is 11.6 Å². The van der Waals surface area contributed by atoms with E-state index in [1.54, 1.807) is 0 Å². The predicted octanol–water partition coefficient (Wildman–Crippen LogP) is 2.34. The second kappa shape index (κ2) is 2.31.